The summed E-state index contributed by atoms with van der Waals surface area (Å²) in [5.41, 5.74) is -0.856. The number of ether oxygens (including phenoxy) is 1. The molecule has 2 aliphatic heterocycles. The summed E-state index contributed by atoms with van der Waals surface area (Å²) in [7, 11) is 0. The van der Waals surface area contributed by atoms with Crippen LogP contribution in [0.2, 0.25) is 0 Å². The van der Waals surface area contributed by atoms with Gasteiger partial charge in [0.05, 0.1) is 29.5 Å². The lowest BCUT2D eigenvalue weighted by Crippen LogP contribution is -2.49. The smallest absolute Gasteiger partial charge is 0.0902 e. The van der Waals surface area contributed by atoms with Gasteiger partial charge in [-0.3, -0.25) is 0 Å². The molecule has 0 amide bonds. The zero-order chi connectivity index (χ0) is 17.9. The first-order chi connectivity index (χ1) is 11.0. The van der Waals surface area contributed by atoms with Crippen LogP contribution in [-0.2, 0) is 4.74 Å². The van der Waals surface area contributed by atoms with Gasteiger partial charge in [-0.15, -0.1) is 0 Å². The predicted octanol–water partition coefficient (Wildman–Crippen LogP) is 2.66. The Hall–Kier alpha value is -0.420. The molecule has 3 rings (SSSR count). The minimum Gasteiger partial charge on any atom is -0.390 e. The normalized spacial score (nSPS) is 52.3. The zero-order valence-corrected chi connectivity index (χ0v) is 15.7. The van der Waals surface area contributed by atoms with Gasteiger partial charge in [0, 0.05) is 18.3 Å². The highest BCUT2D eigenvalue weighted by Crippen LogP contribution is 2.53. The largest absolute Gasteiger partial charge is 0.390 e. The molecular formula is C20H34O4. The number of aliphatic hydroxyl groups excluding tert-OH is 1. The standard InChI is InChI=1S/C20H34O4/c1-11(2)13-7-6-12(3)16-14-10-20(5,23)15(21)8-9-19(4,22)18(24-14)17(13)16/h6,11,13-18,21-23H,7-10H2,1-5H3/t13-,14-,15+,16+,17-,18-,19-,20+/m1/s1. The third kappa shape index (κ3) is 2.96. The molecular weight excluding hydrogens is 304 g/mol. The fourth-order valence-electron chi connectivity index (χ4n) is 5.38. The average Bonchev–Trinajstić information content (AvgIpc) is 2.85. The van der Waals surface area contributed by atoms with Crippen molar-refractivity contribution in [3.05, 3.63) is 11.6 Å². The van der Waals surface area contributed by atoms with Crippen molar-refractivity contribution in [1.29, 1.82) is 0 Å². The van der Waals surface area contributed by atoms with E-state index in [0.29, 0.717) is 31.1 Å². The fourth-order valence-corrected chi connectivity index (χ4v) is 5.38. The van der Waals surface area contributed by atoms with E-state index in [0.717, 1.165) is 6.42 Å². The minimum absolute atomic E-state index is 0.146. The molecule has 2 fully saturated rings. The van der Waals surface area contributed by atoms with E-state index >= 15 is 0 Å². The number of allylic oxidation sites excluding steroid dienone is 1. The Morgan fingerprint density at radius 2 is 1.88 bits per heavy atom. The molecule has 4 heteroatoms. The molecule has 24 heavy (non-hydrogen) atoms. The summed E-state index contributed by atoms with van der Waals surface area (Å²) < 4.78 is 6.42. The van der Waals surface area contributed by atoms with E-state index in [-0.39, 0.29) is 24.0 Å². The molecule has 0 spiro atoms. The van der Waals surface area contributed by atoms with Gasteiger partial charge in [-0.1, -0.05) is 25.5 Å². The maximum absolute atomic E-state index is 11.2. The molecule has 0 aromatic heterocycles. The van der Waals surface area contributed by atoms with Crippen LogP contribution in [0, 0.1) is 23.7 Å². The Labute approximate surface area is 145 Å². The zero-order valence-electron chi connectivity index (χ0n) is 15.7. The predicted molar refractivity (Wildman–Crippen MR) is 93.4 cm³/mol. The summed E-state index contributed by atoms with van der Waals surface area (Å²) in [5.74, 6) is 1.51. The molecule has 2 saturated heterocycles. The van der Waals surface area contributed by atoms with Crippen molar-refractivity contribution in [1.82, 2.24) is 0 Å². The van der Waals surface area contributed by atoms with Crippen molar-refractivity contribution in [2.75, 3.05) is 0 Å². The van der Waals surface area contributed by atoms with E-state index in [9.17, 15) is 15.3 Å². The van der Waals surface area contributed by atoms with E-state index in [1.54, 1.807) is 6.92 Å². The number of fused-ring (bicyclic) bond motifs is 5. The third-order valence-electron chi connectivity index (χ3n) is 6.94. The minimum atomic E-state index is -1.18. The van der Waals surface area contributed by atoms with Crippen molar-refractivity contribution < 1.29 is 20.1 Å². The van der Waals surface area contributed by atoms with Gasteiger partial charge in [-0.25, -0.2) is 0 Å². The molecule has 0 unspecified atom stereocenters. The molecule has 0 aromatic rings. The maximum Gasteiger partial charge on any atom is 0.0902 e. The van der Waals surface area contributed by atoms with Gasteiger partial charge in [-0.05, 0) is 51.9 Å². The number of hydrogen-bond acceptors (Lipinski definition) is 4. The van der Waals surface area contributed by atoms with Gasteiger partial charge < -0.3 is 20.1 Å². The fraction of sp³-hybridized carbons (Fsp3) is 0.900. The Balaban J connectivity index is 2.04. The molecule has 1 aliphatic carbocycles. The number of aliphatic hydroxyl groups is 3. The van der Waals surface area contributed by atoms with E-state index in [1.807, 2.05) is 6.92 Å². The molecule has 2 heterocycles. The van der Waals surface area contributed by atoms with Gasteiger partial charge in [0.25, 0.3) is 0 Å². The Morgan fingerprint density at radius 3 is 2.50 bits per heavy atom. The second-order valence-electron chi connectivity index (χ2n) is 9.26. The maximum atomic E-state index is 11.2. The van der Waals surface area contributed by atoms with E-state index in [1.165, 1.54) is 5.57 Å². The highest BCUT2D eigenvalue weighted by atomic mass is 16.5. The lowest BCUT2D eigenvalue weighted by atomic mass is 9.62. The summed E-state index contributed by atoms with van der Waals surface area (Å²) in [6.07, 6.45) is 3.39. The van der Waals surface area contributed by atoms with Gasteiger partial charge in [0.15, 0.2) is 0 Å². The molecule has 0 aromatic carbocycles. The van der Waals surface area contributed by atoms with Gasteiger partial charge >= 0.3 is 0 Å². The summed E-state index contributed by atoms with van der Waals surface area (Å²) in [6, 6.07) is 0. The second kappa shape index (κ2) is 6.08. The van der Waals surface area contributed by atoms with E-state index in [4.69, 9.17) is 4.74 Å². The van der Waals surface area contributed by atoms with Crippen molar-refractivity contribution in [3.8, 4) is 0 Å². The Morgan fingerprint density at radius 1 is 1.21 bits per heavy atom. The number of rotatable bonds is 1. The van der Waals surface area contributed by atoms with E-state index < -0.39 is 17.3 Å². The second-order valence-corrected chi connectivity index (χ2v) is 9.26. The molecule has 3 aliphatic rings. The van der Waals surface area contributed by atoms with Crippen LogP contribution in [0.5, 0.6) is 0 Å². The first kappa shape index (κ1) is 18.4. The van der Waals surface area contributed by atoms with Crippen molar-refractivity contribution >= 4 is 0 Å². The Kier molecular flexibility index (Phi) is 4.66. The summed E-state index contributed by atoms with van der Waals surface area (Å²) >= 11 is 0. The van der Waals surface area contributed by atoms with Crippen LogP contribution in [0.1, 0.15) is 60.3 Å². The van der Waals surface area contributed by atoms with Crippen molar-refractivity contribution in [2.45, 2.75) is 89.8 Å². The summed E-state index contributed by atoms with van der Waals surface area (Å²) in [4.78, 5) is 0. The van der Waals surface area contributed by atoms with Crippen LogP contribution in [0.25, 0.3) is 0 Å². The highest BCUT2D eigenvalue weighted by Gasteiger charge is 2.57. The molecule has 8 atom stereocenters. The molecule has 3 N–H and O–H groups in total. The van der Waals surface area contributed by atoms with Crippen LogP contribution < -0.4 is 0 Å². The van der Waals surface area contributed by atoms with Crippen LogP contribution in [0.3, 0.4) is 0 Å². The van der Waals surface area contributed by atoms with Gasteiger partial charge in [0.1, 0.15) is 0 Å². The lowest BCUT2D eigenvalue weighted by molar-refractivity contribution is -0.120. The lowest BCUT2D eigenvalue weighted by Gasteiger charge is -2.43. The van der Waals surface area contributed by atoms with Crippen LogP contribution in [0.4, 0.5) is 0 Å². The van der Waals surface area contributed by atoms with Gasteiger partial charge in [0.2, 0.25) is 0 Å². The number of hydrogen-bond donors (Lipinski definition) is 3. The molecule has 0 radical (unpaired) electrons. The van der Waals surface area contributed by atoms with Crippen LogP contribution in [-0.4, -0.2) is 44.8 Å². The van der Waals surface area contributed by atoms with Crippen LogP contribution >= 0.6 is 0 Å². The van der Waals surface area contributed by atoms with Crippen molar-refractivity contribution in [3.63, 3.8) is 0 Å². The molecule has 4 nitrogen and oxygen atoms in total. The molecule has 138 valence electrons. The summed E-state index contributed by atoms with van der Waals surface area (Å²) in [5, 5.41) is 32.3. The van der Waals surface area contributed by atoms with Gasteiger partial charge in [-0.2, -0.15) is 0 Å². The first-order valence-electron chi connectivity index (χ1n) is 9.49. The van der Waals surface area contributed by atoms with Crippen LogP contribution in [0.15, 0.2) is 11.6 Å². The molecule has 0 saturated carbocycles. The van der Waals surface area contributed by atoms with E-state index in [2.05, 4.69) is 26.8 Å². The van der Waals surface area contributed by atoms with Crippen molar-refractivity contribution in [2.24, 2.45) is 23.7 Å². The summed E-state index contributed by atoms with van der Waals surface area (Å²) in [6.45, 7) is 10.2. The quantitative estimate of drug-likeness (QED) is 0.643. The highest BCUT2D eigenvalue weighted by molar-refractivity contribution is 5.20. The third-order valence-corrected chi connectivity index (χ3v) is 6.94. The first-order valence-corrected chi connectivity index (χ1v) is 9.49. The SMILES string of the molecule is CC1=CC[C@H](C(C)C)[C@@H]2[C@@H]1[C@H]1C[C@](C)(O)[C@@H](O)CC[C@@](C)(O)[C@@H]2O1. The average molecular weight is 338 g/mol. The Bertz CT molecular complexity index is 508. The molecule has 2 bridgehead atoms. The monoisotopic (exact) mass is 338 g/mol. The topological polar surface area (TPSA) is 69.9 Å².